The van der Waals surface area contributed by atoms with E-state index in [4.69, 9.17) is 17.3 Å². The van der Waals surface area contributed by atoms with E-state index in [2.05, 4.69) is 36.7 Å². The normalized spacial score (nSPS) is 13.9. The van der Waals surface area contributed by atoms with Gasteiger partial charge in [-0.3, -0.25) is 0 Å². The van der Waals surface area contributed by atoms with Gasteiger partial charge in [0.15, 0.2) is 0 Å². The SMILES string of the molecule is CCC(C)(C)C(N)Cc1ccc(Br)cc1Cl. The summed E-state index contributed by atoms with van der Waals surface area (Å²) in [6.45, 7) is 6.57. The Kier molecular flexibility index (Phi) is 4.84. The van der Waals surface area contributed by atoms with Gasteiger partial charge in [0.1, 0.15) is 0 Å². The van der Waals surface area contributed by atoms with E-state index in [1.54, 1.807) is 0 Å². The molecule has 0 saturated heterocycles. The van der Waals surface area contributed by atoms with Crippen molar-refractivity contribution in [3.8, 4) is 0 Å². The number of nitrogens with two attached hydrogens (primary N) is 1. The van der Waals surface area contributed by atoms with Gasteiger partial charge in [0.2, 0.25) is 0 Å². The maximum absolute atomic E-state index is 6.23. The second-order valence-corrected chi connectivity index (χ2v) is 6.21. The van der Waals surface area contributed by atoms with Crippen LogP contribution in [0.25, 0.3) is 0 Å². The summed E-state index contributed by atoms with van der Waals surface area (Å²) in [5.41, 5.74) is 7.50. The lowest BCUT2D eigenvalue weighted by Crippen LogP contribution is -2.38. The third-order valence-corrected chi connectivity index (χ3v) is 4.22. The lowest BCUT2D eigenvalue weighted by Gasteiger charge is -2.30. The molecule has 16 heavy (non-hydrogen) atoms. The van der Waals surface area contributed by atoms with Gasteiger partial charge in [-0.15, -0.1) is 0 Å². The molecule has 3 heteroatoms. The molecule has 0 radical (unpaired) electrons. The molecule has 0 heterocycles. The Labute approximate surface area is 111 Å². The van der Waals surface area contributed by atoms with Crippen LogP contribution in [0.5, 0.6) is 0 Å². The second kappa shape index (κ2) is 5.52. The van der Waals surface area contributed by atoms with Crippen molar-refractivity contribution in [2.24, 2.45) is 11.1 Å². The van der Waals surface area contributed by atoms with Crippen molar-refractivity contribution in [2.45, 2.75) is 39.7 Å². The van der Waals surface area contributed by atoms with Crippen molar-refractivity contribution in [1.29, 1.82) is 0 Å². The molecule has 1 aromatic carbocycles. The first-order valence-electron chi connectivity index (χ1n) is 5.56. The molecule has 0 aliphatic rings. The maximum atomic E-state index is 6.23. The minimum Gasteiger partial charge on any atom is -0.327 e. The van der Waals surface area contributed by atoms with E-state index >= 15 is 0 Å². The Morgan fingerprint density at radius 2 is 2.06 bits per heavy atom. The van der Waals surface area contributed by atoms with Gasteiger partial charge in [-0.25, -0.2) is 0 Å². The van der Waals surface area contributed by atoms with Crippen LogP contribution in [0, 0.1) is 5.41 Å². The van der Waals surface area contributed by atoms with E-state index in [9.17, 15) is 0 Å². The molecule has 0 bridgehead atoms. The quantitative estimate of drug-likeness (QED) is 0.876. The van der Waals surface area contributed by atoms with Gasteiger partial charge in [-0.05, 0) is 36.0 Å². The minimum absolute atomic E-state index is 0.135. The third kappa shape index (κ3) is 3.47. The molecule has 1 rings (SSSR count). The number of benzene rings is 1. The Balaban J connectivity index is 2.81. The standard InChI is InChI=1S/C13H19BrClN/c1-4-13(2,3)12(16)7-9-5-6-10(14)8-11(9)15/h5-6,8,12H,4,7,16H2,1-3H3. The monoisotopic (exact) mass is 303 g/mol. The minimum atomic E-state index is 0.135. The van der Waals surface area contributed by atoms with Gasteiger partial charge in [-0.2, -0.15) is 0 Å². The summed E-state index contributed by atoms with van der Waals surface area (Å²) in [5, 5.41) is 0.789. The van der Waals surface area contributed by atoms with E-state index in [1.807, 2.05) is 18.2 Å². The molecule has 1 aromatic rings. The van der Waals surface area contributed by atoms with Crippen molar-refractivity contribution in [3.63, 3.8) is 0 Å². The molecule has 0 spiro atoms. The van der Waals surface area contributed by atoms with E-state index in [0.717, 1.165) is 27.9 Å². The number of halogens is 2. The smallest absolute Gasteiger partial charge is 0.0449 e. The van der Waals surface area contributed by atoms with Crippen LogP contribution in [0.15, 0.2) is 22.7 Å². The van der Waals surface area contributed by atoms with E-state index < -0.39 is 0 Å². The highest BCUT2D eigenvalue weighted by atomic mass is 79.9. The van der Waals surface area contributed by atoms with Gasteiger partial charge >= 0.3 is 0 Å². The molecular weight excluding hydrogens is 286 g/mol. The summed E-state index contributed by atoms with van der Waals surface area (Å²) in [6.07, 6.45) is 1.90. The zero-order valence-corrected chi connectivity index (χ0v) is 12.4. The molecule has 1 atom stereocenters. The Hall–Kier alpha value is -0.0500. The van der Waals surface area contributed by atoms with Crippen LogP contribution in [0.2, 0.25) is 5.02 Å². The zero-order chi connectivity index (χ0) is 12.3. The largest absolute Gasteiger partial charge is 0.327 e. The Morgan fingerprint density at radius 3 is 2.56 bits per heavy atom. The molecule has 0 aromatic heterocycles. The summed E-state index contributed by atoms with van der Waals surface area (Å²) >= 11 is 9.58. The van der Waals surface area contributed by atoms with Gasteiger partial charge in [0, 0.05) is 15.5 Å². The fourth-order valence-corrected chi connectivity index (χ4v) is 2.21. The first-order valence-corrected chi connectivity index (χ1v) is 6.73. The van der Waals surface area contributed by atoms with Crippen molar-refractivity contribution < 1.29 is 0 Å². The molecule has 2 N–H and O–H groups in total. The lowest BCUT2D eigenvalue weighted by atomic mass is 9.79. The fourth-order valence-electron chi connectivity index (χ4n) is 1.46. The maximum Gasteiger partial charge on any atom is 0.0449 e. The first-order chi connectivity index (χ1) is 7.36. The predicted octanol–water partition coefficient (Wildman–Crippen LogP) is 4.41. The summed E-state index contributed by atoms with van der Waals surface area (Å²) in [4.78, 5) is 0. The molecule has 0 saturated carbocycles. The Morgan fingerprint density at radius 1 is 1.44 bits per heavy atom. The van der Waals surface area contributed by atoms with Gasteiger partial charge in [-0.1, -0.05) is 54.4 Å². The van der Waals surface area contributed by atoms with Crippen molar-refractivity contribution in [1.82, 2.24) is 0 Å². The van der Waals surface area contributed by atoms with Gasteiger partial charge in [0.25, 0.3) is 0 Å². The average Bonchev–Trinajstić information content (AvgIpc) is 2.22. The molecule has 0 fully saturated rings. The Bertz CT molecular complexity index is 363. The molecule has 0 aliphatic carbocycles. The van der Waals surface area contributed by atoms with Crippen molar-refractivity contribution >= 4 is 27.5 Å². The number of hydrogen-bond donors (Lipinski definition) is 1. The van der Waals surface area contributed by atoms with Crippen LogP contribution in [0.3, 0.4) is 0 Å². The topological polar surface area (TPSA) is 26.0 Å². The number of hydrogen-bond acceptors (Lipinski definition) is 1. The van der Waals surface area contributed by atoms with Crippen molar-refractivity contribution in [2.75, 3.05) is 0 Å². The van der Waals surface area contributed by atoms with E-state index in [0.29, 0.717) is 0 Å². The van der Waals surface area contributed by atoms with Gasteiger partial charge < -0.3 is 5.73 Å². The molecule has 0 amide bonds. The molecular formula is C13H19BrClN. The highest BCUT2D eigenvalue weighted by Crippen LogP contribution is 2.29. The second-order valence-electron chi connectivity index (χ2n) is 4.89. The van der Waals surface area contributed by atoms with Crippen LogP contribution in [0.4, 0.5) is 0 Å². The average molecular weight is 305 g/mol. The van der Waals surface area contributed by atoms with Crippen LogP contribution in [0.1, 0.15) is 32.8 Å². The summed E-state index contributed by atoms with van der Waals surface area (Å²) < 4.78 is 1.00. The summed E-state index contributed by atoms with van der Waals surface area (Å²) in [5.74, 6) is 0. The zero-order valence-electron chi connectivity index (χ0n) is 10.1. The fraction of sp³-hybridized carbons (Fsp3) is 0.538. The van der Waals surface area contributed by atoms with E-state index in [-0.39, 0.29) is 11.5 Å². The summed E-state index contributed by atoms with van der Waals surface area (Å²) in [7, 11) is 0. The van der Waals surface area contributed by atoms with Crippen LogP contribution < -0.4 is 5.73 Å². The molecule has 1 nitrogen and oxygen atoms in total. The van der Waals surface area contributed by atoms with Crippen LogP contribution >= 0.6 is 27.5 Å². The molecule has 0 aliphatic heterocycles. The highest BCUT2D eigenvalue weighted by Gasteiger charge is 2.24. The highest BCUT2D eigenvalue weighted by molar-refractivity contribution is 9.10. The number of rotatable bonds is 4. The first kappa shape index (κ1) is 14.0. The molecule has 1 unspecified atom stereocenters. The lowest BCUT2D eigenvalue weighted by molar-refractivity contribution is 0.273. The van der Waals surface area contributed by atoms with Gasteiger partial charge in [0.05, 0.1) is 0 Å². The third-order valence-electron chi connectivity index (χ3n) is 3.37. The van der Waals surface area contributed by atoms with Crippen LogP contribution in [-0.4, -0.2) is 6.04 Å². The van der Waals surface area contributed by atoms with Crippen LogP contribution in [-0.2, 0) is 6.42 Å². The van der Waals surface area contributed by atoms with Crippen molar-refractivity contribution in [3.05, 3.63) is 33.3 Å². The van der Waals surface area contributed by atoms with E-state index in [1.165, 1.54) is 0 Å². The summed E-state index contributed by atoms with van der Waals surface area (Å²) in [6, 6.07) is 6.10. The molecule has 90 valence electrons. The predicted molar refractivity (Wildman–Crippen MR) is 74.9 cm³/mol.